The Balaban J connectivity index is 1.50. The zero-order valence-electron chi connectivity index (χ0n) is 12.1. The molecule has 0 radical (unpaired) electrons. The number of hydrogen-bond acceptors (Lipinski definition) is 5. The Kier molecular flexibility index (Phi) is 2.66. The first-order chi connectivity index (χ1) is 10.2. The second kappa shape index (κ2) is 4.54. The van der Waals surface area contributed by atoms with Gasteiger partial charge in [-0.05, 0) is 19.4 Å². The first kappa shape index (κ1) is 12.3. The van der Waals surface area contributed by atoms with Crippen LogP contribution < -0.4 is 4.90 Å². The first-order valence-electron chi connectivity index (χ1n) is 7.10. The number of aryl methyl sites for hydroxylation is 2. The van der Waals surface area contributed by atoms with E-state index in [1.165, 1.54) is 5.56 Å². The standard InChI is InChI=1S/C14H17N7/c1-10-4-16-20(5-10)8-12-6-19(7-12)13-3-11(2)18-14-15-9-17-21(13)14/h3-5,9,12H,6-8H2,1-2H3. The monoisotopic (exact) mass is 283 g/mol. The molecule has 7 heteroatoms. The van der Waals surface area contributed by atoms with Gasteiger partial charge in [0, 0.05) is 43.5 Å². The Morgan fingerprint density at radius 2 is 2.10 bits per heavy atom. The summed E-state index contributed by atoms with van der Waals surface area (Å²) in [6.45, 7) is 7.04. The van der Waals surface area contributed by atoms with Crippen LogP contribution in [0.5, 0.6) is 0 Å². The molecule has 0 N–H and O–H groups in total. The van der Waals surface area contributed by atoms with Crippen molar-refractivity contribution in [3.63, 3.8) is 0 Å². The topological polar surface area (TPSA) is 64.1 Å². The molecule has 1 saturated heterocycles. The van der Waals surface area contributed by atoms with Crippen LogP contribution in [-0.2, 0) is 6.54 Å². The molecule has 7 nitrogen and oxygen atoms in total. The number of fused-ring (bicyclic) bond motifs is 1. The maximum Gasteiger partial charge on any atom is 0.254 e. The lowest BCUT2D eigenvalue weighted by Crippen LogP contribution is -2.49. The number of rotatable bonds is 3. The third-order valence-electron chi connectivity index (χ3n) is 3.85. The minimum atomic E-state index is 0.622. The van der Waals surface area contributed by atoms with E-state index in [4.69, 9.17) is 0 Å². The molecule has 0 aromatic carbocycles. The van der Waals surface area contributed by atoms with Crippen molar-refractivity contribution in [1.82, 2.24) is 29.4 Å². The van der Waals surface area contributed by atoms with E-state index in [1.807, 2.05) is 17.8 Å². The molecule has 4 rings (SSSR count). The lowest BCUT2D eigenvalue weighted by Gasteiger charge is -2.40. The highest BCUT2D eigenvalue weighted by atomic mass is 15.4. The van der Waals surface area contributed by atoms with Crippen LogP contribution in [-0.4, -0.2) is 42.5 Å². The summed E-state index contributed by atoms with van der Waals surface area (Å²) in [5, 5.41) is 8.61. The lowest BCUT2D eigenvalue weighted by atomic mass is 10.0. The Bertz CT molecular complexity index is 782. The third kappa shape index (κ3) is 2.14. The molecule has 0 amide bonds. The van der Waals surface area contributed by atoms with Crippen LogP contribution in [0.25, 0.3) is 5.78 Å². The molecule has 108 valence electrons. The highest BCUT2D eigenvalue weighted by molar-refractivity contribution is 5.49. The molecule has 3 aromatic heterocycles. The molecule has 0 bridgehead atoms. The summed E-state index contributed by atoms with van der Waals surface area (Å²) in [6.07, 6.45) is 5.55. The minimum Gasteiger partial charge on any atom is -0.356 e. The predicted octanol–water partition coefficient (Wildman–Crippen LogP) is 1.07. The number of hydrogen-bond donors (Lipinski definition) is 0. The molecule has 3 aromatic rings. The van der Waals surface area contributed by atoms with Crippen molar-refractivity contribution in [1.29, 1.82) is 0 Å². The Morgan fingerprint density at radius 3 is 2.86 bits per heavy atom. The van der Waals surface area contributed by atoms with Crippen molar-refractivity contribution in [2.24, 2.45) is 5.92 Å². The maximum absolute atomic E-state index is 4.38. The Morgan fingerprint density at radius 1 is 1.24 bits per heavy atom. The molecule has 1 aliphatic rings. The zero-order valence-corrected chi connectivity index (χ0v) is 12.1. The van der Waals surface area contributed by atoms with Gasteiger partial charge in [0.05, 0.1) is 6.20 Å². The van der Waals surface area contributed by atoms with E-state index >= 15 is 0 Å². The van der Waals surface area contributed by atoms with E-state index in [0.717, 1.165) is 31.1 Å². The Hall–Kier alpha value is -2.44. The molecule has 0 saturated carbocycles. The minimum absolute atomic E-state index is 0.622. The normalized spacial score (nSPS) is 15.6. The summed E-state index contributed by atoms with van der Waals surface area (Å²) in [7, 11) is 0. The molecule has 0 unspecified atom stereocenters. The second-order valence-electron chi connectivity index (χ2n) is 5.74. The summed E-state index contributed by atoms with van der Waals surface area (Å²) in [5.41, 5.74) is 2.18. The van der Waals surface area contributed by atoms with Gasteiger partial charge < -0.3 is 4.90 Å². The van der Waals surface area contributed by atoms with Crippen LogP contribution >= 0.6 is 0 Å². The smallest absolute Gasteiger partial charge is 0.254 e. The molecule has 1 fully saturated rings. The molecule has 0 atom stereocenters. The van der Waals surface area contributed by atoms with Crippen molar-refractivity contribution in [2.75, 3.05) is 18.0 Å². The van der Waals surface area contributed by atoms with E-state index in [9.17, 15) is 0 Å². The highest BCUT2D eigenvalue weighted by Gasteiger charge is 2.29. The Labute approximate surface area is 122 Å². The van der Waals surface area contributed by atoms with Gasteiger partial charge in [0.25, 0.3) is 5.78 Å². The van der Waals surface area contributed by atoms with Crippen molar-refractivity contribution < 1.29 is 0 Å². The van der Waals surface area contributed by atoms with Gasteiger partial charge in [-0.15, -0.1) is 0 Å². The van der Waals surface area contributed by atoms with E-state index in [2.05, 4.69) is 44.3 Å². The van der Waals surface area contributed by atoms with Gasteiger partial charge in [-0.3, -0.25) is 4.68 Å². The zero-order chi connectivity index (χ0) is 14.4. The van der Waals surface area contributed by atoms with Gasteiger partial charge in [0.1, 0.15) is 12.1 Å². The van der Waals surface area contributed by atoms with Gasteiger partial charge in [-0.1, -0.05) is 0 Å². The summed E-state index contributed by atoms with van der Waals surface area (Å²) in [5.74, 6) is 2.36. The number of nitrogens with zero attached hydrogens (tertiary/aromatic N) is 7. The van der Waals surface area contributed by atoms with Gasteiger partial charge >= 0.3 is 0 Å². The van der Waals surface area contributed by atoms with Crippen molar-refractivity contribution in [3.8, 4) is 0 Å². The van der Waals surface area contributed by atoms with Crippen LogP contribution in [0, 0.1) is 19.8 Å². The molecule has 4 heterocycles. The average Bonchev–Trinajstić information content (AvgIpc) is 3.01. The summed E-state index contributed by atoms with van der Waals surface area (Å²) in [6, 6.07) is 2.07. The fourth-order valence-electron chi connectivity index (χ4n) is 2.84. The molecular weight excluding hydrogens is 266 g/mol. The molecule has 0 spiro atoms. The second-order valence-corrected chi connectivity index (χ2v) is 5.74. The molecule has 1 aliphatic heterocycles. The fraction of sp³-hybridized carbons (Fsp3) is 0.429. The highest BCUT2D eigenvalue weighted by Crippen LogP contribution is 2.25. The van der Waals surface area contributed by atoms with E-state index in [0.29, 0.717) is 11.7 Å². The number of anilines is 1. The maximum atomic E-state index is 4.38. The number of aromatic nitrogens is 6. The molecule has 21 heavy (non-hydrogen) atoms. The summed E-state index contributed by atoms with van der Waals surface area (Å²) < 4.78 is 3.83. The van der Waals surface area contributed by atoms with E-state index in [1.54, 1.807) is 10.8 Å². The quantitative estimate of drug-likeness (QED) is 0.719. The predicted molar refractivity (Wildman–Crippen MR) is 78.2 cm³/mol. The van der Waals surface area contributed by atoms with Gasteiger partial charge in [-0.25, -0.2) is 4.98 Å². The van der Waals surface area contributed by atoms with Crippen LogP contribution in [0.3, 0.4) is 0 Å². The van der Waals surface area contributed by atoms with Crippen LogP contribution in [0.15, 0.2) is 24.8 Å². The summed E-state index contributed by atoms with van der Waals surface area (Å²) >= 11 is 0. The average molecular weight is 283 g/mol. The van der Waals surface area contributed by atoms with Crippen molar-refractivity contribution in [3.05, 3.63) is 36.0 Å². The largest absolute Gasteiger partial charge is 0.356 e. The lowest BCUT2D eigenvalue weighted by molar-refractivity contribution is 0.338. The SMILES string of the molecule is Cc1cnn(CC2CN(c3cc(C)nc4ncnn34)C2)c1. The third-order valence-corrected chi connectivity index (χ3v) is 3.85. The van der Waals surface area contributed by atoms with E-state index in [-0.39, 0.29) is 0 Å². The molecule has 0 aliphatic carbocycles. The van der Waals surface area contributed by atoms with Gasteiger partial charge in [0.2, 0.25) is 0 Å². The summed E-state index contributed by atoms with van der Waals surface area (Å²) in [4.78, 5) is 10.9. The van der Waals surface area contributed by atoms with E-state index < -0.39 is 0 Å². The van der Waals surface area contributed by atoms with Gasteiger partial charge in [-0.2, -0.15) is 19.7 Å². The van der Waals surface area contributed by atoms with Crippen molar-refractivity contribution >= 4 is 11.6 Å². The first-order valence-corrected chi connectivity index (χ1v) is 7.10. The van der Waals surface area contributed by atoms with Crippen LogP contribution in [0.2, 0.25) is 0 Å². The van der Waals surface area contributed by atoms with Crippen molar-refractivity contribution in [2.45, 2.75) is 20.4 Å². The van der Waals surface area contributed by atoms with Crippen LogP contribution in [0.1, 0.15) is 11.3 Å². The molecular formula is C14H17N7. The van der Waals surface area contributed by atoms with Gasteiger partial charge in [0.15, 0.2) is 0 Å². The van der Waals surface area contributed by atoms with Crippen LogP contribution in [0.4, 0.5) is 5.82 Å². The fourth-order valence-corrected chi connectivity index (χ4v) is 2.84.